The van der Waals surface area contributed by atoms with Crippen LogP contribution in [-0.2, 0) is 6.42 Å². The number of rotatable bonds is 4. The first-order valence-electron chi connectivity index (χ1n) is 4.12. The van der Waals surface area contributed by atoms with Crippen molar-refractivity contribution in [3.63, 3.8) is 0 Å². The SMILES string of the molecule is CCCCCc1cnc(N)[nH]1. The third-order valence-electron chi connectivity index (χ3n) is 1.70. The van der Waals surface area contributed by atoms with Crippen LogP contribution in [0, 0.1) is 0 Å². The van der Waals surface area contributed by atoms with Gasteiger partial charge < -0.3 is 10.7 Å². The lowest BCUT2D eigenvalue weighted by atomic mass is 10.2. The zero-order valence-electron chi connectivity index (χ0n) is 6.93. The van der Waals surface area contributed by atoms with Gasteiger partial charge in [-0.3, -0.25) is 0 Å². The highest BCUT2D eigenvalue weighted by Gasteiger charge is 1.95. The summed E-state index contributed by atoms with van der Waals surface area (Å²) in [5, 5.41) is 0. The molecule has 0 unspecified atom stereocenters. The van der Waals surface area contributed by atoms with Gasteiger partial charge in [-0.2, -0.15) is 0 Å². The summed E-state index contributed by atoms with van der Waals surface area (Å²) >= 11 is 0. The molecule has 1 rings (SSSR count). The number of nitrogens with one attached hydrogen (secondary N) is 1. The van der Waals surface area contributed by atoms with Crippen molar-refractivity contribution in [2.24, 2.45) is 0 Å². The fourth-order valence-electron chi connectivity index (χ4n) is 1.07. The van der Waals surface area contributed by atoms with Gasteiger partial charge in [0.1, 0.15) is 0 Å². The molecular formula is C8H15N3. The van der Waals surface area contributed by atoms with Gasteiger partial charge in [-0.1, -0.05) is 19.8 Å². The number of unbranched alkanes of at least 4 members (excludes halogenated alkanes) is 2. The van der Waals surface area contributed by atoms with Crippen molar-refractivity contribution in [2.45, 2.75) is 32.6 Å². The van der Waals surface area contributed by atoms with Gasteiger partial charge in [0.2, 0.25) is 0 Å². The van der Waals surface area contributed by atoms with Gasteiger partial charge in [0.15, 0.2) is 5.95 Å². The number of aromatic amines is 1. The molecule has 0 atom stereocenters. The van der Waals surface area contributed by atoms with Crippen LogP contribution in [0.4, 0.5) is 5.95 Å². The number of anilines is 1. The molecule has 0 radical (unpaired) electrons. The maximum atomic E-state index is 5.42. The Morgan fingerprint density at radius 3 is 2.91 bits per heavy atom. The van der Waals surface area contributed by atoms with Crippen molar-refractivity contribution < 1.29 is 0 Å². The van der Waals surface area contributed by atoms with Crippen LogP contribution in [0.15, 0.2) is 6.20 Å². The fraction of sp³-hybridized carbons (Fsp3) is 0.625. The Morgan fingerprint density at radius 1 is 1.55 bits per heavy atom. The summed E-state index contributed by atoms with van der Waals surface area (Å²) in [6, 6.07) is 0. The lowest BCUT2D eigenvalue weighted by Gasteiger charge is -1.94. The molecule has 3 N–H and O–H groups in total. The van der Waals surface area contributed by atoms with Crippen LogP contribution in [0.5, 0.6) is 0 Å². The molecule has 0 amide bonds. The maximum Gasteiger partial charge on any atom is 0.197 e. The van der Waals surface area contributed by atoms with E-state index in [0.717, 1.165) is 12.1 Å². The number of nitrogens with zero attached hydrogens (tertiary/aromatic N) is 1. The van der Waals surface area contributed by atoms with Crippen molar-refractivity contribution in [2.75, 3.05) is 5.73 Å². The van der Waals surface area contributed by atoms with Crippen LogP contribution in [-0.4, -0.2) is 9.97 Å². The Labute approximate surface area is 67.0 Å². The highest BCUT2D eigenvalue weighted by molar-refractivity contribution is 5.18. The molecule has 0 saturated carbocycles. The Balaban J connectivity index is 2.27. The van der Waals surface area contributed by atoms with Gasteiger partial charge >= 0.3 is 0 Å². The van der Waals surface area contributed by atoms with E-state index in [2.05, 4.69) is 16.9 Å². The van der Waals surface area contributed by atoms with E-state index < -0.39 is 0 Å². The molecule has 1 aromatic rings. The minimum Gasteiger partial charge on any atom is -0.369 e. The lowest BCUT2D eigenvalue weighted by molar-refractivity contribution is 0.709. The molecule has 0 aliphatic heterocycles. The van der Waals surface area contributed by atoms with Crippen LogP contribution in [0.3, 0.4) is 0 Å². The Kier molecular flexibility index (Phi) is 2.95. The van der Waals surface area contributed by atoms with Gasteiger partial charge in [-0.25, -0.2) is 4.98 Å². The first kappa shape index (κ1) is 8.11. The summed E-state index contributed by atoms with van der Waals surface area (Å²) in [5.41, 5.74) is 6.57. The van der Waals surface area contributed by atoms with Crippen molar-refractivity contribution in [3.8, 4) is 0 Å². The molecule has 0 saturated heterocycles. The van der Waals surface area contributed by atoms with Gasteiger partial charge in [-0.15, -0.1) is 0 Å². The Morgan fingerprint density at radius 2 is 2.36 bits per heavy atom. The van der Waals surface area contributed by atoms with Crippen LogP contribution in [0.2, 0.25) is 0 Å². The molecule has 62 valence electrons. The normalized spacial score (nSPS) is 10.3. The lowest BCUT2D eigenvalue weighted by Crippen LogP contribution is -1.88. The van der Waals surface area contributed by atoms with Crippen LogP contribution in [0.1, 0.15) is 31.9 Å². The van der Waals surface area contributed by atoms with E-state index in [1.54, 1.807) is 0 Å². The maximum absolute atomic E-state index is 5.42. The second-order valence-corrected chi connectivity index (χ2v) is 2.75. The highest BCUT2D eigenvalue weighted by atomic mass is 15.0. The molecule has 0 spiro atoms. The van der Waals surface area contributed by atoms with Crippen LogP contribution >= 0.6 is 0 Å². The molecule has 1 aromatic heterocycles. The van der Waals surface area contributed by atoms with Gasteiger partial charge in [0.05, 0.1) is 6.20 Å². The van der Waals surface area contributed by atoms with E-state index in [1.807, 2.05) is 6.20 Å². The first-order valence-corrected chi connectivity index (χ1v) is 4.12. The molecule has 3 nitrogen and oxygen atoms in total. The van der Waals surface area contributed by atoms with E-state index >= 15 is 0 Å². The first-order chi connectivity index (χ1) is 5.33. The van der Waals surface area contributed by atoms with Gasteiger partial charge in [0.25, 0.3) is 0 Å². The van der Waals surface area contributed by atoms with E-state index in [-0.39, 0.29) is 0 Å². The van der Waals surface area contributed by atoms with Crippen LogP contribution < -0.4 is 5.73 Å². The predicted octanol–water partition coefficient (Wildman–Crippen LogP) is 1.72. The number of hydrogen-bond donors (Lipinski definition) is 2. The number of aromatic nitrogens is 2. The minimum atomic E-state index is 0.525. The van der Waals surface area contributed by atoms with Crippen molar-refractivity contribution in [1.29, 1.82) is 0 Å². The monoisotopic (exact) mass is 153 g/mol. The molecule has 0 fully saturated rings. The summed E-state index contributed by atoms with van der Waals surface area (Å²) in [6.45, 7) is 2.20. The number of hydrogen-bond acceptors (Lipinski definition) is 2. The number of nitrogen functional groups attached to an aromatic ring is 1. The quantitative estimate of drug-likeness (QED) is 0.647. The average Bonchev–Trinajstić information content (AvgIpc) is 2.37. The topological polar surface area (TPSA) is 54.7 Å². The number of imidazole rings is 1. The molecule has 0 aliphatic rings. The summed E-state index contributed by atoms with van der Waals surface area (Å²) in [6.07, 6.45) is 6.63. The summed E-state index contributed by atoms with van der Waals surface area (Å²) in [5.74, 6) is 0.525. The average molecular weight is 153 g/mol. The molecule has 3 heteroatoms. The molecule has 1 heterocycles. The van der Waals surface area contributed by atoms with E-state index in [1.165, 1.54) is 19.3 Å². The predicted molar refractivity (Wildman–Crippen MR) is 46.2 cm³/mol. The number of nitrogens with two attached hydrogens (primary N) is 1. The molecule has 0 aromatic carbocycles. The zero-order valence-corrected chi connectivity index (χ0v) is 6.93. The fourth-order valence-corrected chi connectivity index (χ4v) is 1.07. The summed E-state index contributed by atoms with van der Waals surface area (Å²) in [4.78, 5) is 6.92. The van der Waals surface area contributed by atoms with Crippen molar-refractivity contribution >= 4 is 5.95 Å². The highest BCUT2D eigenvalue weighted by Crippen LogP contribution is 2.04. The number of H-pyrrole nitrogens is 1. The Bertz CT molecular complexity index is 205. The molecule has 11 heavy (non-hydrogen) atoms. The largest absolute Gasteiger partial charge is 0.369 e. The number of aryl methyl sites for hydroxylation is 1. The van der Waals surface area contributed by atoms with E-state index in [0.29, 0.717) is 5.95 Å². The third kappa shape index (κ3) is 2.62. The molecular weight excluding hydrogens is 138 g/mol. The van der Waals surface area contributed by atoms with Gasteiger partial charge in [0, 0.05) is 5.69 Å². The second-order valence-electron chi connectivity index (χ2n) is 2.75. The standard InChI is InChI=1S/C8H15N3/c1-2-3-4-5-7-6-10-8(9)11-7/h6H,2-5H2,1H3,(H3,9,10,11). The smallest absolute Gasteiger partial charge is 0.197 e. The van der Waals surface area contributed by atoms with Gasteiger partial charge in [-0.05, 0) is 12.8 Å². The van der Waals surface area contributed by atoms with E-state index in [9.17, 15) is 0 Å². The summed E-state index contributed by atoms with van der Waals surface area (Å²) < 4.78 is 0. The molecule has 0 aliphatic carbocycles. The second kappa shape index (κ2) is 4.01. The zero-order chi connectivity index (χ0) is 8.10. The minimum absolute atomic E-state index is 0.525. The third-order valence-corrected chi connectivity index (χ3v) is 1.70. The summed E-state index contributed by atoms with van der Waals surface area (Å²) in [7, 11) is 0. The van der Waals surface area contributed by atoms with E-state index in [4.69, 9.17) is 5.73 Å². The Hall–Kier alpha value is -0.990. The molecule has 0 bridgehead atoms. The van der Waals surface area contributed by atoms with Crippen molar-refractivity contribution in [3.05, 3.63) is 11.9 Å². The van der Waals surface area contributed by atoms with Crippen LogP contribution in [0.25, 0.3) is 0 Å². The van der Waals surface area contributed by atoms with Crippen molar-refractivity contribution in [1.82, 2.24) is 9.97 Å².